The molecular formula is C11H11ClN2S. The van der Waals surface area contributed by atoms with Gasteiger partial charge < -0.3 is 5.73 Å². The summed E-state index contributed by atoms with van der Waals surface area (Å²) < 4.78 is 0. The van der Waals surface area contributed by atoms with Gasteiger partial charge in [-0.25, -0.2) is 4.98 Å². The molecule has 0 saturated carbocycles. The molecule has 0 aliphatic rings. The zero-order valence-corrected chi connectivity index (χ0v) is 9.85. The largest absolute Gasteiger partial charge is 0.318 e. The molecule has 15 heavy (non-hydrogen) atoms. The number of rotatable bonds is 2. The number of nitrogens with two attached hydrogens (primary N) is 1. The second-order valence-corrected chi connectivity index (χ2v) is 4.71. The molecule has 1 unspecified atom stereocenters. The molecule has 0 aliphatic carbocycles. The van der Waals surface area contributed by atoms with Crippen LogP contribution in [-0.2, 0) is 0 Å². The van der Waals surface area contributed by atoms with Crippen LogP contribution in [0.15, 0.2) is 29.8 Å². The van der Waals surface area contributed by atoms with Crippen LogP contribution in [0, 0.1) is 6.92 Å². The number of aryl methyl sites for hydroxylation is 1. The van der Waals surface area contributed by atoms with Gasteiger partial charge in [0.15, 0.2) is 0 Å². The Morgan fingerprint density at radius 1 is 1.47 bits per heavy atom. The van der Waals surface area contributed by atoms with Crippen molar-refractivity contribution in [3.63, 3.8) is 0 Å². The number of nitrogens with zero attached hydrogens (tertiary/aromatic N) is 1. The van der Waals surface area contributed by atoms with E-state index in [2.05, 4.69) is 4.98 Å². The third-order valence-corrected chi connectivity index (χ3v) is 3.38. The normalized spacial score (nSPS) is 12.7. The lowest BCUT2D eigenvalue weighted by molar-refractivity contribution is 0.849. The molecule has 2 aromatic rings. The van der Waals surface area contributed by atoms with Crippen molar-refractivity contribution < 1.29 is 0 Å². The Labute approximate surface area is 97.7 Å². The molecule has 0 spiro atoms. The maximum atomic E-state index is 6.12. The summed E-state index contributed by atoms with van der Waals surface area (Å²) in [6.07, 6.45) is 1.77. The predicted octanol–water partition coefficient (Wildman–Crippen LogP) is 3.15. The molecule has 0 fully saturated rings. The lowest BCUT2D eigenvalue weighted by Gasteiger charge is -2.12. The van der Waals surface area contributed by atoms with Crippen molar-refractivity contribution in [1.29, 1.82) is 0 Å². The Balaban J connectivity index is 2.38. The second-order valence-electron chi connectivity index (χ2n) is 3.35. The van der Waals surface area contributed by atoms with Gasteiger partial charge in [0.1, 0.15) is 5.01 Å². The first kappa shape index (κ1) is 10.6. The zero-order chi connectivity index (χ0) is 10.8. The highest BCUT2D eigenvalue weighted by molar-refractivity contribution is 7.09. The summed E-state index contributed by atoms with van der Waals surface area (Å²) >= 11 is 7.46. The predicted molar refractivity (Wildman–Crippen MR) is 64.3 cm³/mol. The van der Waals surface area contributed by atoms with E-state index in [9.17, 15) is 0 Å². The molecule has 1 atom stereocenters. The third-order valence-electron chi connectivity index (χ3n) is 2.28. The first-order chi connectivity index (χ1) is 7.18. The van der Waals surface area contributed by atoms with E-state index < -0.39 is 0 Å². The molecule has 0 bridgehead atoms. The van der Waals surface area contributed by atoms with E-state index >= 15 is 0 Å². The van der Waals surface area contributed by atoms with Crippen molar-refractivity contribution in [3.8, 4) is 0 Å². The van der Waals surface area contributed by atoms with Gasteiger partial charge in [-0.05, 0) is 30.2 Å². The molecular weight excluding hydrogens is 228 g/mol. The summed E-state index contributed by atoms with van der Waals surface area (Å²) in [5.74, 6) is 0. The average Bonchev–Trinajstić information content (AvgIpc) is 2.69. The fraction of sp³-hybridized carbons (Fsp3) is 0.182. The van der Waals surface area contributed by atoms with Crippen molar-refractivity contribution >= 4 is 22.9 Å². The lowest BCUT2D eigenvalue weighted by Crippen LogP contribution is -2.12. The molecule has 1 aromatic carbocycles. The average molecular weight is 239 g/mol. The highest BCUT2D eigenvalue weighted by atomic mass is 35.5. The molecule has 1 aromatic heterocycles. The SMILES string of the molecule is Cc1cc(Cl)ccc1C(N)c1nccs1. The van der Waals surface area contributed by atoms with E-state index in [4.69, 9.17) is 17.3 Å². The van der Waals surface area contributed by atoms with Crippen LogP contribution in [0.3, 0.4) is 0 Å². The van der Waals surface area contributed by atoms with E-state index in [1.54, 1.807) is 17.5 Å². The van der Waals surface area contributed by atoms with Gasteiger partial charge in [0, 0.05) is 16.6 Å². The van der Waals surface area contributed by atoms with Gasteiger partial charge in [-0.3, -0.25) is 0 Å². The molecule has 0 saturated heterocycles. The van der Waals surface area contributed by atoms with Crippen LogP contribution in [0.1, 0.15) is 22.2 Å². The highest BCUT2D eigenvalue weighted by Crippen LogP contribution is 2.25. The standard InChI is InChI=1S/C11H11ClN2S/c1-7-6-8(12)2-3-9(7)10(13)11-14-4-5-15-11/h2-6,10H,13H2,1H3. The fourth-order valence-corrected chi connectivity index (χ4v) is 2.39. The quantitative estimate of drug-likeness (QED) is 0.873. The maximum absolute atomic E-state index is 6.12. The number of thiazole rings is 1. The summed E-state index contributed by atoms with van der Waals surface area (Å²) in [5, 5.41) is 3.60. The molecule has 0 amide bonds. The van der Waals surface area contributed by atoms with Gasteiger partial charge in [-0.2, -0.15) is 0 Å². The minimum Gasteiger partial charge on any atom is -0.318 e. The first-order valence-corrected chi connectivity index (χ1v) is 5.85. The molecule has 4 heteroatoms. The van der Waals surface area contributed by atoms with E-state index in [1.165, 1.54) is 0 Å². The van der Waals surface area contributed by atoms with Gasteiger partial charge in [-0.15, -0.1) is 11.3 Å². The molecule has 0 radical (unpaired) electrons. The smallest absolute Gasteiger partial charge is 0.114 e. The van der Waals surface area contributed by atoms with Crippen LogP contribution < -0.4 is 5.73 Å². The molecule has 2 N–H and O–H groups in total. The van der Waals surface area contributed by atoms with E-state index in [0.717, 1.165) is 21.2 Å². The van der Waals surface area contributed by atoms with Crippen molar-refractivity contribution in [1.82, 2.24) is 4.98 Å². The summed E-state index contributed by atoms with van der Waals surface area (Å²) in [4.78, 5) is 4.22. The van der Waals surface area contributed by atoms with Gasteiger partial charge in [0.25, 0.3) is 0 Å². The highest BCUT2D eigenvalue weighted by Gasteiger charge is 2.13. The topological polar surface area (TPSA) is 38.9 Å². The Kier molecular flexibility index (Phi) is 3.05. The van der Waals surface area contributed by atoms with Gasteiger partial charge >= 0.3 is 0 Å². The third kappa shape index (κ3) is 2.20. The number of hydrogen-bond acceptors (Lipinski definition) is 3. The minimum atomic E-state index is -0.151. The van der Waals surface area contributed by atoms with Gasteiger partial charge in [-0.1, -0.05) is 17.7 Å². The van der Waals surface area contributed by atoms with E-state index in [-0.39, 0.29) is 6.04 Å². The number of halogens is 1. The Hall–Kier alpha value is -0.900. The van der Waals surface area contributed by atoms with Crippen molar-refractivity contribution in [3.05, 3.63) is 50.9 Å². The van der Waals surface area contributed by atoms with Crippen LogP contribution >= 0.6 is 22.9 Å². The maximum Gasteiger partial charge on any atom is 0.114 e. The number of benzene rings is 1. The Bertz CT molecular complexity index is 454. The molecule has 1 heterocycles. The minimum absolute atomic E-state index is 0.151. The molecule has 78 valence electrons. The monoisotopic (exact) mass is 238 g/mol. The summed E-state index contributed by atoms with van der Waals surface area (Å²) in [6, 6.07) is 5.59. The van der Waals surface area contributed by atoms with Crippen LogP contribution in [0.5, 0.6) is 0 Å². The number of aromatic nitrogens is 1. The summed E-state index contributed by atoms with van der Waals surface area (Å²) in [6.45, 7) is 2.01. The van der Waals surface area contributed by atoms with Gasteiger partial charge in [0.2, 0.25) is 0 Å². The summed E-state index contributed by atoms with van der Waals surface area (Å²) in [7, 11) is 0. The molecule has 2 nitrogen and oxygen atoms in total. The van der Waals surface area contributed by atoms with Crippen molar-refractivity contribution in [2.24, 2.45) is 5.73 Å². The lowest BCUT2D eigenvalue weighted by atomic mass is 10.0. The van der Waals surface area contributed by atoms with Crippen LogP contribution in [-0.4, -0.2) is 4.98 Å². The van der Waals surface area contributed by atoms with Crippen molar-refractivity contribution in [2.75, 3.05) is 0 Å². The van der Waals surface area contributed by atoms with Crippen LogP contribution in [0.2, 0.25) is 5.02 Å². The second kappa shape index (κ2) is 4.31. The summed E-state index contributed by atoms with van der Waals surface area (Å²) in [5.41, 5.74) is 8.30. The Morgan fingerprint density at radius 2 is 2.27 bits per heavy atom. The van der Waals surface area contributed by atoms with Crippen molar-refractivity contribution in [2.45, 2.75) is 13.0 Å². The fourth-order valence-electron chi connectivity index (χ4n) is 1.51. The van der Waals surface area contributed by atoms with Gasteiger partial charge in [0.05, 0.1) is 6.04 Å². The molecule has 0 aliphatic heterocycles. The van der Waals surface area contributed by atoms with Crippen LogP contribution in [0.25, 0.3) is 0 Å². The van der Waals surface area contributed by atoms with E-state index in [1.807, 2.05) is 30.5 Å². The zero-order valence-electron chi connectivity index (χ0n) is 8.27. The first-order valence-electron chi connectivity index (χ1n) is 4.59. The number of hydrogen-bond donors (Lipinski definition) is 1. The molecule has 2 rings (SSSR count). The Morgan fingerprint density at radius 3 is 2.87 bits per heavy atom. The van der Waals surface area contributed by atoms with Crippen LogP contribution in [0.4, 0.5) is 0 Å². The van der Waals surface area contributed by atoms with E-state index in [0.29, 0.717) is 0 Å².